The van der Waals surface area contributed by atoms with Crippen molar-refractivity contribution in [2.45, 2.75) is 6.92 Å². The van der Waals surface area contributed by atoms with E-state index in [9.17, 15) is 4.79 Å². The SMILES string of the molecule is CCN(CCO)CC(=O)c1ccc(Cl)c(Cl)c1. The second-order valence-corrected chi connectivity index (χ2v) is 4.46. The lowest BCUT2D eigenvalue weighted by atomic mass is 10.1. The number of aliphatic hydroxyl groups is 1. The number of hydrogen-bond acceptors (Lipinski definition) is 3. The predicted molar refractivity (Wildman–Crippen MR) is 70.0 cm³/mol. The van der Waals surface area contributed by atoms with Gasteiger partial charge >= 0.3 is 0 Å². The summed E-state index contributed by atoms with van der Waals surface area (Å²) >= 11 is 11.6. The molecule has 1 rings (SSSR count). The Hall–Kier alpha value is -0.610. The van der Waals surface area contributed by atoms with Crippen molar-refractivity contribution in [3.05, 3.63) is 33.8 Å². The summed E-state index contributed by atoms with van der Waals surface area (Å²) in [4.78, 5) is 13.8. The van der Waals surface area contributed by atoms with E-state index in [2.05, 4.69) is 0 Å². The molecule has 0 aromatic heterocycles. The van der Waals surface area contributed by atoms with Crippen LogP contribution in [-0.2, 0) is 0 Å². The molecular formula is C12H15Cl2NO2. The minimum atomic E-state index is -0.0288. The van der Waals surface area contributed by atoms with E-state index in [0.717, 1.165) is 0 Å². The maximum Gasteiger partial charge on any atom is 0.176 e. The van der Waals surface area contributed by atoms with Gasteiger partial charge in [0.25, 0.3) is 0 Å². The number of Topliss-reactive ketones (excluding diaryl/α,β-unsaturated/α-hetero) is 1. The average Bonchev–Trinajstić information content (AvgIpc) is 2.31. The normalized spacial score (nSPS) is 10.9. The van der Waals surface area contributed by atoms with Crippen LogP contribution >= 0.6 is 23.2 Å². The number of carbonyl (C=O) groups is 1. The van der Waals surface area contributed by atoms with Crippen molar-refractivity contribution >= 4 is 29.0 Å². The van der Waals surface area contributed by atoms with Gasteiger partial charge in [-0.05, 0) is 24.7 Å². The topological polar surface area (TPSA) is 40.5 Å². The molecule has 0 fully saturated rings. The van der Waals surface area contributed by atoms with Gasteiger partial charge in [0.15, 0.2) is 5.78 Å². The molecule has 0 amide bonds. The minimum absolute atomic E-state index is 0.0288. The Morgan fingerprint density at radius 3 is 2.59 bits per heavy atom. The third-order valence-corrected chi connectivity index (χ3v) is 3.21. The molecule has 17 heavy (non-hydrogen) atoms. The largest absolute Gasteiger partial charge is 0.395 e. The number of rotatable bonds is 6. The van der Waals surface area contributed by atoms with Gasteiger partial charge in [-0.25, -0.2) is 0 Å². The van der Waals surface area contributed by atoms with Gasteiger partial charge in [0.1, 0.15) is 0 Å². The molecule has 1 aromatic carbocycles. The lowest BCUT2D eigenvalue weighted by Gasteiger charge is -2.18. The summed E-state index contributed by atoms with van der Waals surface area (Å²) in [6.07, 6.45) is 0. The summed E-state index contributed by atoms with van der Waals surface area (Å²) in [6, 6.07) is 4.84. The molecule has 0 heterocycles. The fourth-order valence-electron chi connectivity index (χ4n) is 1.45. The smallest absolute Gasteiger partial charge is 0.176 e. The van der Waals surface area contributed by atoms with Crippen LogP contribution in [0.25, 0.3) is 0 Å². The molecule has 0 radical (unpaired) electrons. The summed E-state index contributed by atoms with van der Waals surface area (Å²) in [5.74, 6) is -0.0288. The van der Waals surface area contributed by atoms with Crippen LogP contribution in [0.3, 0.4) is 0 Å². The first-order valence-corrected chi connectivity index (χ1v) is 6.15. The molecule has 0 aliphatic rings. The van der Waals surface area contributed by atoms with Gasteiger partial charge in [0.05, 0.1) is 23.2 Å². The Bertz CT molecular complexity index is 396. The lowest BCUT2D eigenvalue weighted by molar-refractivity contribution is 0.0919. The van der Waals surface area contributed by atoms with E-state index >= 15 is 0 Å². The highest BCUT2D eigenvalue weighted by Crippen LogP contribution is 2.22. The molecule has 0 unspecified atom stereocenters. The summed E-state index contributed by atoms with van der Waals surface area (Å²) in [7, 11) is 0. The van der Waals surface area contributed by atoms with E-state index in [1.807, 2.05) is 11.8 Å². The average molecular weight is 276 g/mol. The van der Waals surface area contributed by atoms with Crippen molar-refractivity contribution in [3.63, 3.8) is 0 Å². The Balaban J connectivity index is 2.72. The van der Waals surface area contributed by atoms with Gasteiger partial charge in [-0.1, -0.05) is 30.1 Å². The standard InChI is InChI=1S/C12H15Cl2NO2/c1-2-15(5-6-16)8-12(17)9-3-4-10(13)11(14)7-9/h3-4,7,16H,2,5-6,8H2,1H3. The maximum atomic E-state index is 11.9. The van der Waals surface area contributed by atoms with E-state index in [4.69, 9.17) is 28.3 Å². The number of carbonyl (C=O) groups excluding carboxylic acids is 1. The zero-order valence-electron chi connectivity index (χ0n) is 9.62. The Labute approximate surface area is 111 Å². The quantitative estimate of drug-likeness (QED) is 0.811. The highest BCUT2D eigenvalue weighted by Gasteiger charge is 2.12. The molecule has 0 aliphatic heterocycles. The van der Waals surface area contributed by atoms with Crippen molar-refractivity contribution in [3.8, 4) is 0 Å². The van der Waals surface area contributed by atoms with Crippen molar-refractivity contribution in [2.24, 2.45) is 0 Å². The number of ketones is 1. The number of nitrogens with zero attached hydrogens (tertiary/aromatic N) is 1. The van der Waals surface area contributed by atoms with Gasteiger partial charge in [-0.15, -0.1) is 0 Å². The van der Waals surface area contributed by atoms with E-state index < -0.39 is 0 Å². The molecule has 0 saturated carbocycles. The molecule has 3 nitrogen and oxygen atoms in total. The van der Waals surface area contributed by atoms with Crippen LogP contribution in [-0.4, -0.2) is 42.0 Å². The highest BCUT2D eigenvalue weighted by molar-refractivity contribution is 6.42. The summed E-state index contributed by atoms with van der Waals surface area (Å²) in [6.45, 7) is 3.46. The van der Waals surface area contributed by atoms with Crippen LogP contribution in [0.1, 0.15) is 17.3 Å². The highest BCUT2D eigenvalue weighted by atomic mass is 35.5. The van der Waals surface area contributed by atoms with Gasteiger partial charge in [0.2, 0.25) is 0 Å². The zero-order chi connectivity index (χ0) is 12.8. The molecule has 0 atom stereocenters. The number of benzene rings is 1. The van der Waals surface area contributed by atoms with Crippen molar-refractivity contribution in [1.82, 2.24) is 4.90 Å². The van der Waals surface area contributed by atoms with Crippen LogP contribution in [0.2, 0.25) is 10.0 Å². The molecule has 0 aliphatic carbocycles. The summed E-state index contributed by atoms with van der Waals surface area (Å²) < 4.78 is 0. The van der Waals surface area contributed by atoms with Crippen molar-refractivity contribution in [2.75, 3.05) is 26.2 Å². The summed E-state index contributed by atoms with van der Waals surface area (Å²) in [5.41, 5.74) is 0.538. The molecule has 1 aromatic rings. The first-order valence-electron chi connectivity index (χ1n) is 5.40. The van der Waals surface area contributed by atoms with Gasteiger partial charge in [0, 0.05) is 12.1 Å². The molecular weight excluding hydrogens is 261 g/mol. The van der Waals surface area contributed by atoms with E-state index in [0.29, 0.717) is 28.7 Å². The van der Waals surface area contributed by atoms with Crippen LogP contribution in [0.15, 0.2) is 18.2 Å². The van der Waals surface area contributed by atoms with Crippen LogP contribution in [0.4, 0.5) is 0 Å². The van der Waals surface area contributed by atoms with E-state index in [1.165, 1.54) is 0 Å². The predicted octanol–water partition coefficient (Wildman–Crippen LogP) is 2.49. The van der Waals surface area contributed by atoms with E-state index in [-0.39, 0.29) is 18.9 Å². The van der Waals surface area contributed by atoms with Gasteiger partial charge < -0.3 is 5.11 Å². The van der Waals surface area contributed by atoms with Crippen molar-refractivity contribution in [1.29, 1.82) is 0 Å². The van der Waals surface area contributed by atoms with Crippen LogP contribution in [0.5, 0.6) is 0 Å². The third-order valence-electron chi connectivity index (χ3n) is 2.47. The second-order valence-electron chi connectivity index (χ2n) is 3.64. The van der Waals surface area contributed by atoms with Crippen LogP contribution < -0.4 is 0 Å². The third kappa shape index (κ3) is 4.28. The van der Waals surface area contributed by atoms with Gasteiger partial charge in [-0.2, -0.15) is 0 Å². The molecule has 94 valence electrons. The molecule has 1 N–H and O–H groups in total. The fraction of sp³-hybridized carbons (Fsp3) is 0.417. The number of aliphatic hydroxyl groups excluding tert-OH is 1. The Kier molecular flexibility index (Phi) is 5.92. The lowest BCUT2D eigenvalue weighted by Crippen LogP contribution is -2.32. The Morgan fingerprint density at radius 1 is 1.35 bits per heavy atom. The maximum absolute atomic E-state index is 11.9. The monoisotopic (exact) mass is 275 g/mol. The molecule has 5 heteroatoms. The summed E-state index contributed by atoms with van der Waals surface area (Å²) in [5, 5.41) is 9.65. The van der Waals surface area contributed by atoms with Crippen LogP contribution in [0, 0.1) is 0 Å². The van der Waals surface area contributed by atoms with Crippen molar-refractivity contribution < 1.29 is 9.90 Å². The van der Waals surface area contributed by atoms with Gasteiger partial charge in [-0.3, -0.25) is 9.69 Å². The molecule has 0 bridgehead atoms. The first-order chi connectivity index (χ1) is 8.08. The second kappa shape index (κ2) is 6.97. The molecule has 0 spiro atoms. The van der Waals surface area contributed by atoms with E-state index in [1.54, 1.807) is 18.2 Å². The fourth-order valence-corrected chi connectivity index (χ4v) is 1.75. The first kappa shape index (κ1) is 14.5. The minimum Gasteiger partial charge on any atom is -0.395 e. The number of halogens is 2. The Morgan fingerprint density at radius 2 is 2.06 bits per heavy atom. The number of hydrogen-bond donors (Lipinski definition) is 1. The zero-order valence-corrected chi connectivity index (χ0v) is 11.1. The molecule has 0 saturated heterocycles. The number of likely N-dealkylation sites (N-methyl/N-ethyl adjacent to an activating group) is 1.